The molecule has 0 saturated heterocycles. The molecule has 0 aromatic heterocycles. The predicted molar refractivity (Wildman–Crippen MR) is 28.6 cm³/mol. The normalized spacial score (nSPS) is 11.7. The summed E-state index contributed by atoms with van der Waals surface area (Å²) in [6.45, 7) is 0. The fourth-order valence-corrected chi connectivity index (χ4v) is 0.288. The summed E-state index contributed by atoms with van der Waals surface area (Å²) in [6, 6.07) is 1.59. The highest BCUT2D eigenvalue weighted by molar-refractivity contribution is 5.77. The van der Waals surface area contributed by atoms with E-state index in [1.165, 1.54) is 0 Å². The Morgan fingerprint density at radius 2 is 2.56 bits per heavy atom. The van der Waals surface area contributed by atoms with Gasteiger partial charge in [-0.05, 0) is 0 Å². The van der Waals surface area contributed by atoms with Crippen LogP contribution in [0.25, 0.3) is 0 Å². The summed E-state index contributed by atoms with van der Waals surface area (Å²) in [5.74, 6) is -0.576. The summed E-state index contributed by atoms with van der Waals surface area (Å²) in [5, 5.41) is 18.1. The molecule has 9 heavy (non-hydrogen) atoms. The molecule has 0 aromatic carbocycles. The van der Waals surface area contributed by atoms with E-state index >= 15 is 0 Å². The van der Waals surface area contributed by atoms with Gasteiger partial charge in [0.2, 0.25) is 5.91 Å². The van der Waals surface area contributed by atoms with Crippen LogP contribution in [0.15, 0.2) is 0 Å². The van der Waals surface area contributed by atoms with Crippen molar-refractivity contribution in [3.8, 4) is 6.07 Å². The summed E-state index contributed by atoms with van der Waals surface area (Å²) in [4.78, 5) is 10.3. The van der Waals surface area contributed by atoms with Crippen LogP contribution in [-0.4, -0.2) is 17.4 Å². The number of nitrogens with two attached hydrogens (primary N) is 1. The van der Waals surface area contributed by atoms with Gasteiger partial charge in [0.1, 0.15) is 6.42 Å². The van der Waals surface area contributed by atoms with Gasteiger partial charge in [0.05, 0.1) is 6.07 Å². The van der Waals surface area contributed by atoms with Gasteiger partial charge in [0.15, 0.2) is 6.35 Å². The summed E-state index contributed by atoms with van der Waals surface area (Å²) in [7, 11) is 0. The second-order valence-corrected chi connectivity index (χ2v) is 1.35. The van der Waals surface area contributed by atoms with Crippen molar-refractivity contribution < 1.29 is 9.90 Å². The molecule has 0 saturated carbocycles. The Bertz CT molecular complexity index is 137. The van der Waals surface area contributed by atoms with E-state index in [1.54, 1.807) is 6.07 Å². The Morgan fingerprint density at radius 3 is 2.89 bits per heavy atom. The van der Waals surface area contributed by atoms with Gasteiger partial charge in [-0.25, -0.2) is 0 Å². The maximum absolute atomic E-state index is 10.3. The van der Waals surface area contributed by atoms with E-state index in [1.807, 2.05) is 5.32 Å². The average Bonchev–Trinajstić information content (AvgIpc) is 1.63. The van der Waals surface area contributed by atoms with Gasteiger partial charge < -0.3 is 10.4 Å². The van der Waals surface area contributed by atoms with E-state index in [-0.39, 0.29) is 6.42 Å². The molecule has 0 radical (unpaired) electrons. The molecular formula is C4H7N3O2. The maximum atomic E-state index is 10.3. The zero-order valence-corrected chi connectivity index (χ0v) is 4.66. The molecule has 0 fully saturated rings. The number of carbonyl (C=O) groups excluding carboxylic acids is 1. The van der Waals surface area contributed by atoms with Crippen molar-refractivity contribution in [2.24, 2.45) is 5.73 Å². The highest BCUT2D eigenvalue weighted by atomic mass is 16.3. The molecule has 1 amide bonds. The van der Waals surface area contributed by atoms with Gasteiger partial charge in [-0.2, -0.15) is 5.26 Å². The lowest BCUT2D eigenvalue weighted by Crippen LogP contribution is -2.40. The summed E-state index contributed by atoms with van der Waals surface area (Å²) in [6.07, 6.45) is -1.65. The van der Waals surface area contributed by atoms with E-state index in [0.717, 1.165) is 0 Å². The van der Waals surface area contributed by atoms with Gasteiger partial charge in [-0.1, -0.05) is 0 Å². The molecule has 0 aliphatic rings. The Labute approximate surface area is 52.1 Å². The predicted octanol–water partition coefficient (Wildman–Crippen LogP) is -1.75. The van der Waals surface area contributed by atoms with Crippen LogP contribution in [-0.2, 0) is 4.79 Å². The smallest absolute Gasteiger partial charge is 0.237 e. The summed E-state index contributed by atoms with van der Waals surface area (Å²) < 4.78 is 0. The molecule has 0 heterocycles. The van der Waals surface area contributed by atoms with E-state index in [0.29, 0.717) is 0 Å². The minimum Gasteiger partial charge on any atom is -0.361 e. The standard InChI is InChI=1S/C4H7N3O2/c5-2-1-3(8)7-4(6)9/h4,9H,1,6H2,(H,7,8). The third kappa shape index (κ3) is 4.74. The molecule has 4 N–H and O–H groups in total. The fourth-order valence-electron chi connectivity index (χ4n) is 0.288. The molecular weight excluding hydrogens is 122 g/mol. The minimum atomic E-state index is -1.37. The molecule has 0 aliphatic carbocycles. The van der Waals surface area contributed by atoms with Crippen LogP contribution in [0.4, 0.5) is 0 Å². The fraction of sp³-hybridized carbons (Fsp3) is 0.500. The van der Waals surface area contributed by atoms with Crippen molar-refractivity contribution in [3.05, 3.63) is 0 Å². The summed E-state index contributed by atoms with van der Waals surface area (Å²) >= 11 is 0. The highest BCUT2D eigenvalue weighted by Gasteiger charge is 2.00. The lowest BCUT2D eigenvalue weighted by molar-refractivity contribution is -0.122. The number of carbonyl (C=O) groups is 1. The molecule has 1 unspecified atom stereocenters. The van der Waals surface area contributed by atoms with Gasteiger partial charge in [0, 0.05) is 0 Å². The molecule has 0 rings (SSSR count). The monoisotopic (exact) mass is 129 g/mol. The number of nitrogens with zero attached hydrogens (tertiary/aromatic N) is 1. The van der Waals surface area contributed by atoms with Crippen LogP contribution in [0.1, 0.15) is 6.42 Å². The van der Waals surface area contributed by atoms with Gasteiger partial charge in [-0.3, -0.25) is 10.5 Å². The second kappa shape index (κ2) is 3.83. The SMILES string of the molecule is N#CCC(=O)NC(N)O. The zero-order chi connectivity index (χ0) is 7.28. The Balaban J connectivity index is 3.42. The largest absolute Gasteiger partial charge is 0.361 e. The molecule has 1 atom stereocenters. The van der Waals surface area contributed by atoms with Crippen LogP contribution in [0.5, 0.6) is 0 Å². The summed E-state index contributed by atoms with van der Waals surface area (Å²) in [5.41, 5.74) is 4.74. The third-order valence-corrected chi connectivity index (χ3v) is 0.548. The van der Waals surface area contributed by atoms with Crippen molar-refractivity contribution in [2.75, 3.05) is 0 Å². The first-order chi connectivity index (χ1) is 4.16. The van der Waals surface area contributed by atoms with Crippen LogP contribution in [0.3, 0.4) is 0 Å². The topological polar surface area (TPSA) is 99.1 Å². The molecule has 0 aromatic rings. The zero-order valence-electron chi connectivity index (χ0n) is 4.66. The number of hydrogen-bond acceptors (Lipinski definition) is 4. The Morgan fingerprint density at radius 1 is 2.00 bits per heavy atom. The number of nitriles is 1. The lowest BCUT2D eigenvalue weighted by atomic mass is 10.4. The Hall–Kier alpha value is -1.12. The molecule has 5 heteroatoms. The lowest BCUT2D eigenvalue weighted by Gasteiger charge is -2.02. The third-order valence-electron chi connectivity index (χ3n) is 0.548. The Kier molecular flexibility index (Phi) is 3.35. The van der Waals surface area contributed by atoms with Crippen LogP contribution < -0.4 is 11.1 Å². The number of hydrogen-bond donors (Lipinski definition) is 3. The molecule has 5 nitrogen and oxygen atoms in total. The van der Waals surface area contributed by atoms with Crippen molar-refractivity contribution in [3.63, 3.8) is 0 Å². The first-order valence-corrected chi connectivity index (χ1v) is 2.27. The number of amides is 1. The molecule has 50 valence electrons. The van der Waals surface area contributed by atoms with Crippen molar-refractivity contribution in [1.82, 2.24) is 5.32 Å². The van der Waals surface area contributed by atoms with Gasteiger partial charge >= 0.3 is 0 Å². The number of nitrogens with one attached hydrogen (secondary N) is 1. The van der Waals surface area contributed by atoms with Gasteiger partial charge in [-0.15, -0.1) is 0 Å². The molecule has 0 bridgehead atoms. The van der Waals surface area contributed by atoms with Crippen molar-refractivity contribution in [2.45, 2.75) is 12.8 Å². The van der Waals surface area contributed by atoms with E-state index in [9.17, 15) is 4.79 Å². The average molecular weight is 129 g/mol. The van der Waals surface area contributed by atoms with Crippen LogP contribution >= 0.6 is 0 Å². The van der Waals surface area contributed by atoms with Gasteiger partial charge in [0.25, 0.3) is 0 Å². The number of aliphatic hydroxyl groups excluding tert-OH is 1. The van der Waals surface area contributed by atoms with E-state index < -0.39 is 12.3 Å². The quantitative estimate of drug-likeness (QED) is 0.385. The maximum Gasteiger partial charge on any atom is 0.237 e. The van der Waals surface area contributed by atoms with Crippen LogP contribution in [0, 0.1) is 11.3 Å². The van der Waals surface area contributed by atoms with E-state index in [4.69, 9.17) is 16.1 Å². The minimum absolute atomic E-state index is 0.283. The van der Waals surface area contributed by atoms with Crippen molar-refractivity contribution >= 4 is 5.91 Å². The first-order valence-electron chi connectivity index (χ1n) is 2.27. The highest BCUT2D eigenvalue weighted by Crippen LogP contribution is 1.73. The second-order valence-electron chi connectivity index (χ2n) is 1.35. The molecule has 0 aliphatic heterocycles. The number of rotatable bonds is 2. The first kappa shape index (κ1) is 7.88. The molecule has 0 spiro atoms. The number of aliphatic hydroxyl groups is 1. The van der Waals surface area contributed by atoms with Crippen molar-refractivity contribution in [1.29, 1.82) is 5.26 Å². The van der Waals surface area contributed by atoms with E-state index in [2.05, 4.69) is 0 Å². The van der Waals surface area contributed by atoms with Crippen LogP contribution in [0.2, 0.25) is 0 Å².